The summed E-state index contributed by atoms with van der Waals surface area (Å²) < 4.78 is 6.39. The molecule has 0 spiro atoms. The molecule has 0 radical (unpaired) electrons. The Balaban J connectivity index is 1.86. The molecule has 1 aromatic heterocycles. The number of carbonyl (C=O) groups excluding carboxylic acids is 1. The second-order valence-electron chi connectivity index (χ2n) is 5.91. The van der Waals surface area contributed by atoms with Gasteiger partial charge in [0, 0.05) is 22.9 Å². The first-order valence-electron chi connectivity index (χ1n) is 6.69. The van der Waals surface area contributed by atoms with Crippen molar-refractivity contribution >= 4 is 34.5 Å². The molecule has 2 rings (SSSR count). The molecule has 1 saturated heterocycles. The highest BCUT2D eigenvalue weighted by atomic mass is 127. The lowest BCUT2D eigenvalue weighted by Crippen LogP contribution is -2.40. The molecule has 1 aliphatic rings. The minimum absolute atomic E-state index is 0.117. The number of pyridine rings is 1. The van der Waals surface area contributed by atoms with Gasteiger partial charge in [-0.05, 0) is 61.9 Å². The topological polar surface area (TPSA) is 54.5 Å². The summed E-state index contributed by atoms with van der Waals surface area (Å²) in [6, 6.07) is 4.17. The van der Waals surface area contributed by atoms with Crippen LogP contribution in [0, 0.1) is 3.57 Å². The highest BCUT2D eigenvalue weighted by molar-refractivity contribution is 14.1. The van der Waals surface area contributed by atoms with Gasteiger partial charge in [-0.2, -0.15) is 0 Å². The van der Waals surface area contributed by atoms with Gasteiger partial charge < -0.3 is 15.0 Å². The van der Waals surface area contributed by atoms with E-state index in [9.17, 15) is 4.79 Å². The average Bonchev–Trinajstić information content (AvgIpc) is 2.75. The smallest absolute Gasteiger partial charge is 0.407 e. The maximum absolute atomic E-state index is 11.7. The number of carbonyl (C=O) groups is 1. The van der Waals surface area contributed by atoms with Crippen LogP contribution < -0.4 is 10.2 Å². The number of aromatic nitrogens is 1. The van der Waals surface area contributed by atoms with Gasteiger partial charge in [-0.3, -0.25) is 0 Å². The molecular weight excluding hydrogens is 369 g/mol. The Morgan fingerprint density at radius 1 is 1.50 bits per heavy atom. The molecule has 6 heteroatoms. The molecule has 1 fully saturated rings. The summed E-state index contributed by atoms with van der Waals surface area (Å²) in [4.78, 5) is 18.3. The highest BCUT2D eigenvalue weighted by Gasteiger charge is 2.26. The molecule has 1 aromatic rings. The SMILES string of the molecule is CC(C)(C)OC(=O)N[C@H]1CCN(c2ccc(I)cn2)C1. The van der Waals surface area contributed by atoms with Gasteiger partial charge >= 0.3 is 6.09 Å². The summed E-state index contributed by atoms with van der Waals surface area (Å²) >= 11 is 2.24. The highest BCUT2D eigenvalue weighted by Crippen LogP contribution is 2.19. The minimum atomic E-state index is -0.458. The molecule has 2 heterocycles. The van der Waals surface area contributed by atoms with E-state index < -0.39 is 5.60 Å². The zero-order valence-electron chi connectivity index (χ0n) is 12.0. The number of nitrogens with zero attached hydrogens (tertiary/aromatic N) is 2. The maximum Gasteiger partial charge on any atom is 0.407 e. The number of amides is 1. The van der Waals surface area contributed by atoms with Crippen molar-refractivity contribution in [3.63, 3.8) is 0 Å². The first kappa shape index (κ1) is 15.3. The molecule has 0 aliphatic carbocycles. The first-order chi connectivity index (χ1) is 9.33. The van der Waals surface area contributed by atoms with Crippen molar-refractivity contribution in [2.75, 3.05) is 18.0 Å². The van der Waals surface area contributed by atoms with Crippen molar-refractivity contribution in [2.45, 2.75) is 38.8 Å². The molecule has 0 saturated carbocycles. The second kappa shape index (κ2) is 6.15. The van der Waals surface area contributed by atoms with Gasteiger partial charge in [-0.25, -0.2) is 9.78 Å². The second-order valence-corrected chi connectivity index (χ2v) is 7.16. The quantitative estimate of drug-likeness (QED) is 0.791. The van der Waals surface area contributed by atoms with Gasteiger partial charge in [0.15, 0.2) is 0 Å². The average molecular weight is 389 g/mol. The van der Waals surface area contributed by atoms with Crippen LogP contribution in [-0.4, -0.2) is 35.8 Å². The van der Waals surface area contributed by atoms with Crippen LogP contribution in [0.1, 0.15) is 27.2 Å². The van der Waals surface area contributed by atoms with Crippen LogP contribution in [0.4, 0.5) is 10.6 Å². The van der Waals surface area contributed by atoms with Gasteiger partial charge in [0.05, 0.1) is 6.04 Å². The fourth-order valence-corrected chi connectivity index (χ4v) is 2.43. The van der Waals surface area contributed by atoms with E-state index in [-0.39, 0.29) is 12.1 Å². The number of hydrogen-bond acceptors (Lipinski definition) is 4. The van der Waals surface area contributed by atoms with Gasteiger partial charge in [-0.15, -0.1) is 0 Å². The molecular formula is C14H20IN3O2. The monoisotopic (exact) mass is 389 g/mol. The van der Waals surface area contributed by atoms with E-state index in [1.54, 1.807) is 0 Å². The lowest BCUT2D eigenvalue weighted by atomic mass is 10.2. The van der Waals surface area contributed by atoms with Crippen LogP contribution in [0.25, 0.3) is 0 Å². The Labute approximate surface area is 133 Å². The Hall–Kier alpha value is -1.05. The van der Waals surface area contributed by atoms with Crippen LogP contribution in [-0.2, 0) is 4.74 Å². The molecule has 0 bridgehead atoms. The van der Waals surface area contributed by atoms with Crippen molar-refractivity contribution < 1.29 is 9.53 Å². The Morgan fingerprint density at radius 2 is 2.25 bits per heavy atom. The summed E-state index contributed by atoms with van der Waals surface area (Å²) in [6.45, 7) is 7.26. The molecule has 1 N–H and O–H groups in total. The summed E-state index contributed by atoms with van der Waals surface area (Å²) in [5.74, 6) is 0.957. The molecule has 0 unspecified atom stereocenters. The predicted molar refractivity (Wildman–Crippen MR) is 86.9 cm³/mol. The Bertz CT molecular complexity index is 470. The van der Waals surface area contributed by atoms with Crippen molar-refractivity contribution in [3.05, 3.63) is 21.9 Å². The van der Waals surface area contributed by atoms with Crippen LogP contribution in [0.2, 0.25) is 0 Å². The third kappa shape index (κ3) is 4.50. The molecule has 1 aliphatic heterocycles. The van der Waals surface area contributed by atoms with E-state index in [2.05, 4.69) is 37.8 Å². The standard InChI is InChI=1S/C14H20IN3O2/c1-14(2,3)20-13(19)17-11-6-7-18(9-11)12-5-4-10(15)8-16-12/h4-5,8,11H,6-7,9H2,1-3H3,(H,17,19)/t11-/m0/s1. The number of halogens is 1. The molecule has 20 heavy (non-hydrogen) atoms. The van der Waals surface area contributed by atoms with E-state index in [1.165, 1.54) is 0 Å². The fourth-order valence-electron chi connectivity index (χ4n) is 2.12. The Morgan fingerprint density at radius 3 is 2.85 bits per heavy atom. The van der Waals surface area contributed by atoms with Gasteiger partial charge in [-0.1, -0.05) is 0 Å². The van der Waals surface area contributed by atoms with E-state index in [4.69, 9.17) is 4.74 Å². The molecule has 1 atom stereocenters. The number of nitrogens with one attached hydrogen (secondary N) is 1. The largest absolute Gasteiger partial charge is 0.444 e. The third-order valence-corrected chi connectivity index (χ3v) is 3.58. The van der Waals surface area contributed by atoms with E-state index in [0.717, 1.165) is 28.9 Å². The van der Waals surface area contributed by atoms with Crippen molar-refractivity contribution in [2.24, 2.45) is 0 Å². The predicted octanol–water partition coefficient (Wildman–Crippen LogP) is 2.79. The summed E-state index contributed by atoms with van der Waals surface area (Å²) in [6.07, 6.45) is 2.41. The van der Waals surface area contributed by atoms with Gasteiger partial charge in [0.25, 0.3) is 0 Å². The lowest BCUT2D eigenvalue weighted by molar-refractivity contribution is 0.0509. The number of hydrogen-bond donors (Lipinski definition) is 1. The van der Waals surface area contributed by atoms with E-state index >= 15 is 0 Å². The van der Waals surface area contributed by atoms with Crippen LogP contribution in [0.3, 0.4) is 0 Å². The van der Waals surface area contributed by atoms with Gasteiger partial charge in [0.2, 0.25) is 0 Å². The zero-order valence-corrected chi connectivity index (χ0v) is 14.2. The van der Waals surface area contributed by atoms with Gasteiger partial charge in [0.1, 0.15) is 11.4 Å². The van der Waals surface area contributed by atoms with Crippen molar-refractivity contribution in [1.29, 1.82) is 0 Å². The number of rotatable bonds is 2. The van der Waals surface area contributed by atoms with Crippen LogP contribution in [0.5, 0.6) is 0 Å². The molecule has 5 nitrogen and oxygen atoms in total. The van der Waals surface area contributed by atoms with E-state index in [0.29, 0.717) is 0 Å². The molecule has 0 aromatic carbocycles. The van der Waals surface area contributed by atoms with E-state index in [1.807, 2.05) is 39.1 Å². The zero-order chi connectivity index (χ0) is 14.8. The van der Waals surface area contributed by atoms with Crippen LogP contribution in [0.15, 0.2) is 18.3 Å². The molecule has 110 valence electrons. The molecule has 1 amide bonds. The number of ether oxygens (including phenoxy) is 1. The van der Waals surface area contributed by atoms with Crippen molar-refractivity contribution in [1.82, 2.24) is 10.3 Å². The minimum Gasteiger partial charge on any atom is -0.444 e. The summed E-state index contributed by atoms with van der Waals surface area (Å²) in [5.41, 5.74) is -0.458. The summed E-state index contributed by atoms with van der Waals surface area (Å²) in [5, 5.41) is 2.91. The first-order valence-corrected chi connectivity index (χ1v) is 7.77. The lowest BCUT2D eigenvalue weighted by Gasteiger charge is -2.22. The van der Waals surface area contributed by atoms with Crippen LogP contribution >= 0.6 is 22.6 Å². The number of alkyl carbamates (subject to hydrolysis) is 1. The number of anilines is 1. The summed E-state index contributed by atoms with van der Waals surface area (Å²) in [7, 11) is 0. The third-order valence-electron chi connectivity index (χ3n) is 2.94. The Kier molecular flexibility index (Phi) is 4.72. The van der Waals surface area contributed by atoms with Crippen molar-refractivity contribution in [3.8, 4) is 0 Å². The normalized spacial score (nSPS) is 19.0. The maximum atomic E-state index is 11.7. The fraction of sp³-hybridized carbons (Fsp3) is 0.571.